The van der Waals surface area contributed by atoms with Gasteiger partial charge in [-0.1, -0.05) is 23.2 Å². The maximum absolute atomic E-state index is 11.3. The summed E-state index contributed by atoms with van der Waals surface area (Å²) in [5.41, 5.74) is 0.553. The summed E-state index contributed by atoms with van der Waals surface area (Å²) < 4.78 is 0. The summed E-state index contributed by atoms with van der Waals surface area (Å²) in [4.78, 5) is 12.7. The molecule has 0 aliphatic heterocycles. The largest absolute Gasteiger partial charge is 0.331 e. The zero-order chi connectivity index (χ0) is 10.7. The first kappa shape index (κ1) is 11.1. The Bertz CT molecular complexity index is 332. The lowest BCUT2D eigenvalue weighted by molar-refractivity contribution is 0.230. The first-order chi connectivity index (χ1) is 6.49. The van der Waals surface area contributed by atoms with Crippen molar-refractivity contribution in [3.8, 4) is 0 Å². The average Bonchev–Trinajstić information content (AvgIpc) is 2.01. The molecule has 1 aromatic carbocycles. The molecule has 14 heavy (non-hydrogen) atoms. The number of amides is 2. The van der Waals surface area contributed by atoms with Gasteiger partial charge in [-0.15, -0.1) is 0 Å². The molecule has 75 valence electrons. The molecule has 1 radical (unpaired) electrons. The third-order valence-corrected chi connectivity index (χ3v) is 1.87. The third-order valence-electron chi connectivity index (χ3n) is 1.46. The number of rotatable bonds is 1. The monoisotopic (exact) mass is 231 g/mol. The van der Waals surface area contributed by atoms with Gasteiger partial charge in [0.25, 0.3) is 0 Å². The molecular formula is C9H9Cl2N2O. The van der Waals surface area contributed by atoms with E-state index in [1.54, 1.807) is 26.2 Å². The smallest absolute Gasteiger partial charge is 0.321 e. The van der Waals surface area contributed by atoms with Crippen LogP contribution in [0.25, 0.3) is 0 Å². The maximum Gasteiger partial charge on any atom is 0.321 e. The molecule has 0 heterocycles. The molecule has 0 spiro atoms. The van der Waals surface area contributed by atoms with Crippen LogP contribution in [-0.2, 0) is 0 Å². The van der Waals surface area contributed by atoms with Crippen molar-refractivity contribution >= 4 is 34.9 Å². The van der Waals surface area contributed by atoms with Crippen LogP contribution in [-0.4, -0.2) is 25.0 Å². The molecule has 0 aliphatic rings. The number of urea groups is 1. The predicted molar refractivity (Wildman–Crippen MR) is 58.0 cm³/mol. The van der Waals surface area contributed by atoms with E-state index >= 15 is 0 Å². The van der Waals surface area contributed by atoms with Crippen molar-refractivity contribution in [1.29, 1.82) is 0 Å². The van der Waals surface area contributed by atoms with Crippen LogP contribution in [0.1, 0.15) is 0 Å². The van der Waals surface area contributed by atoms with E-state index in [0.29, 0.717) is 15.7 Å². The lowest BCUT2D eigenvalue weighted by Gasteiger charge is -2.12. The Labute approximate surface area is 92.6 Å². The van der Waals surface area contributed by atoms with Crippen LogP contribution in [0.2, 0.25) is 10.0 Å². The Morgan fingerprint density at radius 3 is 2.29 bits per heavy atom. The van der Waals surface area contributed by atoms with Gasteiger partial charge in [-0.2, -0.15) is 0 Å². The van der Waals surface area contributed by atoms with Crippen LogP contribution in [0.4, 0.5) is 10.5 Å². The van der Waals surface area contributed by atoms with E-state index in [1.165, 1.54) is 4.90 Å². The SMILES string of the molecule is CN(C)C(=O)Nc1cc(Cl)[c]c(Cl)c1. The number of benzene rings is 1. The first-order valence-electron chi connectivity index (χ1n) is 3.85. The van der Waals surface area contributed by atoms with Gasteiger partial charge in [0.2, 0.25) is 0 Å². The molecular weight excluding hydrogens is 223 g/mol. The standard InChI is InChI=1S/C9H9Cl2N2O/c1-13(2)9(14)12-8-4-6(10)3-7(11)5-8/h4-5H,1-2H3,(H,12,14). The number of halogens is 2. The zero-order valence-corrected chi connectivity index (χ0v) is 9.28. The van der Waals surface area contributed by atoms with Gasteiger partial charge in [-0.3, -0.25) is 0 Å². The van der Waals surface area contributed by atoms with E-state index in [2.05, 4.69) is 11.4 Å². The number of nitrogens with zero attached hydrogens (tertiary/aromatic N) is 1. The molecule has 1 N–H and O–H groups in total. The Morgan fingerprint density at radius 1 is 1.36 bits per heavy atom. The third kappa shape index (κ3) is 3.09. The molecule has 0 fully saturated rings. The Hall–Kier alpha value is -0.930. The summed E-state index contributed by atoms with van der Waals surface area (Å²) in [6.07, 6.45) is 0. The van der Waals surface area contributed by atoms with Gasteiger partial charge in [-0.05, 0) is 12.1 Å². The Morgan fingerprint density at radius 2 is 1.86 bits per heavy atom. The van der Waals surface area contributed by atoms with Crippen LogP contribution in [0.3, 0.4) is 0 Å². The van der Waals surface area contributed by atoms with Gasteiger partial charge >= 0.3 is 6.03 Å². The molecule has 0 aromatic heterocycles. The van der Waals surface area contributed by atoms with Crippen LogP contribution in [0.15, 0.2) is 12.1 Å². The number of hydrogen-bond acceptors (Lipinski definition) is 1. The fourth-order valence-electron chi connectivity index (χ4n) is 0.808. The summed E-state index contributed by atoms with van der Waals surface area (Å²) >= 11 is 11.4. The Kier molecular flexibility index (Phi) is 3.61. The average molecular weight is 232 g/mol. The van der Waals surface area contributed by atoms with Crippen LogP contribution >= 0.6 is 23.2 Å². The Balaban J connectivity index is 2.82. The van der Waals surface area contributed by atoms with E-state index in [4.69, 9.17) is 23.2 Å². The number of carbonyl (C=O) groups is 1. The number of carbonyl (C=O) groups excluding carboxylic acids is 1. The summed E-state index contributed by atoms with van der Waals surface area (Å²) in [7, 11) is 3.29. The van der Waals surface area contributed by atoms with Crippen molar-refractivity contribution in [2.75, 3.05) is 19.4 Å². The molecule has 0 aliphatic carbocycles. The van der Waals surface area contributed by atoms with Crippen molar-refractivity contribution < 1.29 is 4.79 Å². The maximum atomic E-state index is 11.3. The van der Waals surface area contributed by atoms with Crippen molar-refractivity contribution in [1.82, 2.24) is 4.90 Å². The fraction of sp³-hybridized carbons (Fsp3) is 0.222. The lowest BCUT2D eigenvalue weighted by Crippen LogP contribution is -2.27. The van der Waals surface area contributed by atoms with E-state index in [9.17, 15) is 4.79 Å². The van der Waals surface area contributed by atoms with E-state index in [1.807, 2.05) is 0 Å². The quantitative estimate of drug-likeness (QED) is 0.793. The molecule has 0 atom stereocenters. The molecule has 0 saturated heterocycles. The highest BCUT2D eigenvalue weighted by Gasteiger charge is 2.05. The lowest BCUT2D eigenvalue weighted by atomic mass is 10.3. The van der Waals surface area contributed by atoms with Gasteiger partial charge in [0.05, 0.1) is 10.0 Å². The van der Waals surface area contributed by atoms with Crippen LogP contribution in [0, 0.1) is 6.07 Å². The summed E-state index contributed by atoms with van der Waals surface area (Å²) in [5.74, 6) is 0. The van der Waals surface area contributed by atoms with E-state index in [0.717, 1.165) is 0 Å². The topological polar surface area (TPSA) is 32.3 Å². The van der Waals surface area contributed by atoms with Crippen LogP contribution in [0.5, 0.6) is 0 Å². The van der Waals surface area contributed by atoms with Crippen LogP contribution < -0.4 is 5.32 Å². The van der Waals surface area contributed by atoms with Crippen molar-refractivity contribution in [3.05, 3.63) is 28.2 Å². The predicted octanol–water partition coefficient (Wildman–Crippen LogP) is 2.89. The molecule has 0 unspecified atom stereocenters. The molecule has 0 saturated carbocycles. The second-order valence-corrected chi connectivity index (χ2v) is 3.70. The van der Waals surface area contributed by atoms with E-state index < -0.39 is 0 Å². The van der Waals surface area contributed by atoms with Gasteiger partial charge in [0.15, 0.2) is 0 Å². The van der Waals surface area contributed by atoms with E-state index in [-0.39, 0.29) is 6.03 Å². The zero-order valence-electron chi connectivity index (χ0n) is 7.77. The summed E-state index contributed by atoms with van der Waals surface area (Å²) in [5, 5.41) is 3.36. The second kappa shape index (κ2) is 4.53. The molecule has 2 amide bonds. The normalized spacial score (nSPS) is 9.71. The number of anilines is 1. The summed E-state index contributed by atoms with van der Waals surface area (Å²) in [6, 6.07) is 5.60. The van der Waals surface area contributed by atoms with Crippen molar-refractivity contribution in [2.45, 2.75) is 0 Å². The first-order valence-corrected chi connectivity index (χ1v) is 4.61. The molecule has 1 aromatic rings. The molecule has 3 nitrogen and oxygen atoms in total. The van der Waals surface area contributed by atoms with Gasteiger partial charge in [0, 0.05) is 25.8 Å². The minimum Gasteiger partial charge on any atom is -0.331 e. The minimum absolute atomic E-state index is 0.233. The van der Waals surface area contributed by atoms with Crippen molar-refractivity contribution in [3.63, 3.8) is 0 Å². The summed E-state index contributed by atoms with van der Waals surface area (Å²) in [6.45, 7) is 0. The van der Waals surface area contributed by atoms with Crippen molar-refractivity contribution in [2.24, 2.45) is 0 Å². The highest BCUT2D eigenvalue weighted by Crippen LogP contribution is 2.21. The molecule has 0 bridgehead atoms. The number of nitrogens with one attached hydrogen (secondary N) is 1. The van der Waals surface area contributed by atoms with Gasteiger partial charge in [-0.25, -0.2) is 4.79 Å². The number of hydrogen-bond donors (Lipinski definition) is 1. The fourth-order valence-corrected chi connectivity index (χ4v) is 1.30. The minimum atomic E-state index is -0.233. The highest BCUT2D eigenvalue weighted by atomic mass is 35.5. The van der Waals surface area contributed by atoms with Gasteiger partial charge in [0.1, 0.15) is 0 Å². The molecule has 1 rings (SSSR count). The highest BCUT2D eigenvalue weighted by molar-refractivity contribution is 6.34. The molecule has 5 heteroatoms. The second-order valence-electron chi connectivity index (χ2n) is 2.89. The van der Waals surface area contributed by atoms with Gasteiger partial charge < -0.3 is 10.2 Å².